The Morgan fingerprint density at radius 1 is 0.244 bits per heavy atom. The smallest absolute Gasteiger partial charge is 0.306 e. The van der Waals surface area contributed by atoms with Crippen LogP contribution in [-0.2, 0) is 28.6 Å². The summed E-state index contributed by atoms with van der Waals surface area (Å²) in [5.41, 5.74) is 0. The predicted molar refractivity (Wildman–Crippen MR) is 358 cm³/mol. The Bertz CT molecular complexity index is 1410. The van der Waals surface area contributed by atoms with Crippen LogP contribution in [0.2, 0.25) is 0 Å². The van der Waals surface area contributed by atoms with E-state index in [0.717, 1.165) is 83.5 Å². The van der Waals surface area contributed by atoms with Crippen molar-refractivity contribution in [3.63, 3.8) is 0 Å². The SMILES string of the molecule is CCCCC/C=C\C/C=C\CCCCCCCCCCCC(=O)OC(COC(=O)CCCCCCC/C=C\C/C=C\CCCCCC)COC(=O)CCCCCCCCCCCCCCCCCCCCCCCCCCCCCCC. The number of allylic oxidation sites excluding steroid dienone is 8. The molecule has 0 amide bonds. The second-order valence-corrected chi connectivity index (χ2v) is 24.9. The van der Waals surface area contributed by atoms with Gasteiger partial charge in [0.2, 0.25) is 0 Å². The first-order valence-electron chi connectivity index (χ1n) is 36.6. The predicted octanol–water partition coefficient (Wildman–Crippen LogP) is 25.3. The van der Waals surface area contributed by atoms with E-state index < -0.39 is 6.10 Å². The summed E-state index contributed by atoms with van der Waals surface area (Å²) in [7, 11) is 0. The molecule has 0 N–H and O–H groups in total. The molecule has 0 spiro atoms. The Morgan fingerprint density at radius 3 is 0.707 bits per heavy atom. The third-order valence-corrected chi connectivity index (χ3v) is 16.6. The van der Waals surface area contributed by atoms with Crippen LogP contribution in [0.4, 0.5) is 0 Å². The molecule has 0 radical (unpaired) electrons. The van der Waals surface area contributed by atoms with Crippen LogP contribution in [0.3, 0.4) is 0 Å². The quantitative estimate of drug-likeness (QED) is 0.0261. The van der Waals surface area contributed by atoms with Gasteiger partial charge in [0.1, 0.15) is 13.2 Å². The van der Waals surface area contributed by atoms with Crippen LogP contribution in [0.25, 0.3) is 0 Å². The van der Waals surface area contributed by atoms with Gasteiger partial charge in [-0.1, -0.05) is 345 Å². The highest BCUT2D eigenvalue weighted by atomic mass is 16.6. The zero-order chi connectivity index (χ0) is 59.2. The molecule has 480 valence electrons. The van der Waals surface area contributed by atoms with Crippen LogP contribution in [0.5, 0.6) is 0 Å². The summed E-state index contributed by atoms with van der Waals surface area (Å²) in [4.78, 5) is 38.5. The topological polar surface area (TPSA) is 78.9 Å². The second kappa shape index (κ2) is 70.9. The Balaban J connectivity index is 4.23. The molecule has 6 nitrogen and oxygen atoms in total. The molecule has 1 unspecified atom stereocenters. The van der Waals surface area contributed by atoms with Crippen LogP contribution in [0.1, 0.15) is 400 Å². The fraction of sp³-hybridized carbons (Fsp3) is 0.855. The van der Waals surface area contributed by atoms with Crippen molar-refractivity contribution in [2.24, 2.45) is 0 Å². The minimum absolute atomic E-state index is 0.0754. The van der Waals surface area contributed by atoms with Gasteiger partial charge in [0.15, 0.2) is 6.10 Å². The average molecular weight is 1150 g/mol. The first-order chi connectivity index (χ1) is 40.5. The second-order valence-electron chi connectivity index (χ2n) is 24.9. The van der Waals surface area contributed by atoms with Crippen molar-refractivity contribution in [2.45, 2.75) is 406 Å². The summed E-state index contributed by atoms with van der Waals surface area (Å²) in [5, 5.41) is 0. The summed E-state index contributed by atoms with van der Waals surface area (Å²) in [5.74, 6) is -0.867. The summed E-state index contributed by atoms with van der Waals surface area (Å²) in [6.07, 6.45) is 90.1. The molecule has 0 rings (SSSR count). The van der Waals surface area contributed by atoms with Gasteiger partial charge in [-0.2, -0.15) is 0 Å². The normalized spacial score (nSPS) is 12.3. The number of hydrogen-bond acceptors (Lipinski definition) is 6. The zero-order valence-corrected chi connectivity index (χ0v) is 55.3. The summed E-state index contributed by atoms with van der Waals surface area (Å²) in [6, 6.07) is 0. The fourth-order valence-electron chi connectivity index (χ4n) is 11.0. The molecule has 0 aliphatic rings. The van der Waals surface area contributed by atoms with Gasteiger partial charge >= 0.3 is 17.9 Å². The maximum absolute atomic E-state index is 13.0. The molecular formula is C76H140O6. The Hall–Kier alpha value is -2.63. The third-order valence-electron chi connectivity index (χ3n) is 16.6. The van der Waals surface area contributed by atoms with Crippen molar-refractivity contribution in [1.82, 2.24) is 0 Å². The van der Waals surface area contributed by atoms with E-state index in [2.05, 4.69) is 69.4 Å². The Morgan fingerprint density at radius 2 is 0.439 bits per heavy atom. The fourth-order valence-corrected chi connectivity index (χ4v) is 11.0. The molecule has 0 saturated carbocycles. The van der Waals surface area contributed by atoms with E-state index in [1.54, 1.807) is 0 Å². The maximum Gasteiger partial charge on any atom is 0.306 e. The average Bonchev–Trinajstić information content (AvgIpc) is 3.47. The maximum atomic E-state index is 13.0. The van der Waals surface area contributed by atoms with E-state index in [9.17, 15) is 14.4 Å². The Kier molecular flexibility index (Phi) is 68.6. The highest BCUT2D eigenvalue weighted by molar-refractivity contribution is 5.71. The van der Waals surface area contributed by atoms with E-state index in [4.69, 9.17) is 14.2 Å². The molecule has 82 heavy (non-hydrogen) atoms. The van der Waals surface area contributed by atoms with Gasteiger partial charge in [0, 0.05) is 19.3 Å². The van der Waals surface area contributed by atoms with Crippen molar-refractivity contribution in [1.29, 1.82) is 0 Å². The van der Waals surface area contributed by atoms with Gasteiger partial charge in [0.25, 0.3) is 0 Å². The summed E-state index contributed by atoms with van der Waals surface area (Å²) in [6.45, 7) is 6.66. The van der Waals surface area contributed by atoms with Crippen molar-refractivity contribution in [2.75, 3.05) is 13.2 Å². The molecule has 0 aliphatic carbocycles. The highest BCUT2D eigenvalue weighted by Gasteiger charge is 2.19. The first-order valence-corrected chi connectivity index (χ1v) is 36.6. The van der Waals surface area contributed by atoms with Gasteiger partial charge in [-0.3, -0.25) is 14.4 Å². The molecule has 0 saturated heterocycles. The number of rotatable bonds is 68. The molecule has 0 aromatic rings. The van der Waals surface area contributed by atoms with Crippen LogP contribution in [0, 0.1) is 0 Å². The minimum Gasteiger partial charge on any atom is -0.462 e. The number of hydrogen-bond donors (Lipinski definition) is 0. The zero-order valence-electron chi connectivity index (χ0n) is 55.3. The van der Waals surface area contributed by atoms with Gasteiger partial charge < -0.3 is 14.2 Å². The van der Waals surface area contributed by atoms with Gasteiger partial charge in [-0.25, -0.2) is 0 Å². The van der Waals surface area contributed by atoms with Crippen LogP contribution in [0.15, 0.2) is 48.6 Å². The van der Waals surface area contributed by atoms with E-state index in [0.29, 0.717) is 19.3 Å². The van der Waals surface area contributed by atoms with Crippen molar-refractivity contribution in [3.8, 4) is 0 Å². The molecule has 0 aromatic carbocycles. The molecule has 0 fully saturated rings. The van der Waals surface area contributed by atoms with Gasteiger partial charge in [-0.15, -0.1) is 0 Å². The monoisotopic (exact) mass is 1150 g/mol. The van der Waals surface area contributed by atoms with Crippen molar-refractivity contribution >= 4 is 17.9 Å². The lowest BCUT2D eigenvalue weighted by molar-refractivity contribution is -0.167. The van der Waals surface area contributed by atoms with E-state index >= 15 is 0 Å². The first kappa shape index (κ1) is 79.4. The largest absolute Gasteiger partial charge is 0.462 e. The van der Waals surface area contributed by atoms with Gasteiger partial charge in [-0.05, 0) is 83.5 Å². The lowest BCUT2D eigenvalue weighted by atomic mass is 10.0. The Labute approximate surface area is 511 Å². The number of carbonyl (C=O) groups excluding carboxylic acids is 3. The molecule has 0 aromatic heterocycles. The number of ether oxygens (including phenoxy) is 3. The molecule has 0 aliphatic heterocycles. The molecule has 0 bridgehead atoms. The lowest BCUT2D eigenvalue weighted by Gasteiger charge is -2.18. The van der Waals surface area contributed by atoms with Crippen LogP contribution in [-0.4, -0.2) is 37.2 Å². The minimum atomic E-state index is -0.782. The number of esters is 3. The standard InChI is InChI=1S/C76H140O6/c1-4-7-10-13-16-19-22-25-28-31-33-34-35-36-37-38-39-40-41-42-44-45-48-51-54-57-60-63-66-69-75(78)81-72-73(71-80-74(77)68-65-62-59-56-53-50-47-30-27-24-21-18-15-12-9-6-3)82-76(79)70-67-64-61-58-55-52-49-46-43-32-29-26-23-20-17-14-11-8-5-2/h17,20-21,24,26,29-30,47,73H,4-16,18-19,22-23,25,27-28,31-46,48-72H2,1-3H3/b20-17-,24-21-,29-26-,47-30-. The van der Waals surface area contributed by atoms with Gasteiger partial charge in [0.05, 0.1) is 0 Å². The summed E-state index contributed by atoms with van der Waals surface area (Å²) >= 11 is 0. The van der Waals surface area contributed by atoms with E-state index in [1.807, 2.05) is 0 Å². The van der Waals surface area contributed by atoms with Crippen molar-refractivity contribution < 1.29 is 28.6 Å². The molecular weight excluding hydrogens is 1010 g/mol. The lowest BCUT2D eigenvalue weighted by Crippen LogP contribution is -2.30. The van der Waals surface area contributed by atoms with Crippen molar-refractivity contribution in [3.05, 3.63) is 48.6 Å². The van der Waals surface area contributed by atoms with Crippen LogP contribution < -0.4 is 0 Å². The van der Waals surface area contributed by atoms with E-state index in [1.165, 1.54) is 276 Å². The molecule has 1 atom stereocenters. The summed E-state index contributed by atoms with van der Waals surface area (Å²) < 4.78 is 17.0. The van der Waals surface area contributed by atoms with E-state index in [-0.39, 0.29) is 31.1 Å². The number of carbonyl (C=O) groups is 3. The number of unbranched alkanes of at least 4 members (excludes halogenated alkanes) is 49. The van der Waals surface area contributed by atoms with Crippen LogP contribution >= 0.6 is 0 Å². The molecule has 0 heterocycles. The third kappa shape index (κ3) is 68.2. The molecule has 6 heteroatoms. The highest BCUT2D eigenvalue weighted by Crippen LogP contribution is 2.19.